The van der Waals surface area contributed by atoms with Crippen LogP contribution in [-0.4, -0.2) is 25.3 Å². The fraction of sp³-hybridized carbons (Fsp3) is 0.727. The summed E-state index contributed by atoms with van der Waals surface area (Å²) in [7, 11) is -3.41. The maximum atomic E-state index is 13.4. The van der Waals surface area contributed by atoms with Gasteiger partial charge in [0, 0.05) is 12.6 Å². The number of hydrogen-bond donors (Lipinski definition) is 0. The molecule has 1 atom stereocenters. The SMILES string of the molecule is CCCCCCC(C)CN(C1CCCCC1)S(=O)(=O)c1ccc(C)cc1. The van der Waals surface area contributed by atoms with Crippen LogP contribution in [0.15, 0.2) is 29.2 Å². The molecule has 0 amide bonds. The molecule has 0 aromatic heterocycles. The summed E-state index contributed by atoms with van der Waals surface area (Å²) < 4.78 is 28.6. The fourth-order valence-corrected chi connectivity index (χ4v) is 5.78. The molecule has 26 heavy (non-hydrogen) atoms. The van der Waals surface area contributed by atoms with Crippen LogP contribution in [0.1, 0.15) is 83.6 Å². The van der Waals surface area contributed by atoms with Crippen molar-refractivity contribution in [3.8, 4) is 0 Å². The van der Waals surface area contributed by atoms with Crippen molar-refractivity contribution in [3.63, 3.8) is 0 Å². The van der Waals surface area contributed by atoms with Gasteiger partial charge in [-0.15, -0.1) is 0 Å². The molecular formula is C22H37NO2S. The minimum absolute atomic E-state index is 0.174. The van der Waals surface area contributed by atoms with Crippen LogP contribution < -0.4 is 0 Å². The van der Waals surface area contributed by atoms with Gasteiger partial charge in [0.1, 0.15) is 0 Å². The summed E-state index contributed by atoms with van der Waals surface area (Å²) in [6.07, 6.45) is 11.7. The zero-order valence-corrected chi connectivity index (χ0v) is 17.7. The lowest BCUT2D eigenvalue weighted by atomic mass is 9.94. The first-order valence-electron chi connectivity index (χ1n) is 10.5. The quantitative estimate of drug-likeness (QED) is 0.473. The third kappa shape index (κ3) is 6.09. The summed E-state index contributed by atoms with van der Waals surface area (Å²) in [5.74, 6) is 0.411. The molecule has 0 spiro atoms. The van der Waals surface area contributed by atoms with Gasteiger partial charge in [-0.2, -0.15) is 4.31 Å². The summed E-state index contributed by atoms with van der Waals surface area (Å²) in [5.41, 5.74) is 1.09. The van der Waals surface area contributed by atoms with E-state index in [4.69, 9.17) is 0 Å². The topological polar surface area (TPSA) is 37.4 Å². The Labute approximate surface area is 161 Å². The molecule has 0 heterocycles. The highest BCUT2D eigenvalue weighted by Crippen LogP contribution is 2.29. The molecule has 1 aliphatic carbocycles. The van der Waals surface area contributed by atoms with Gasteiger partial charge in [0.25, 0.3) is 0 Å². The first kappa shape index (κ1) is 21.4. The van der Waals surface area contributed by atoms with Crippen LogP contribution in [-0.2, 0) is 10.0 Å². The van der Waals surface area contributed by atoms with Gasteiger partial charge in [0.15, 0.2) is 0 Å². The van der Waals surface area contributed by atoms with E-state index in [1.165, 1.54) is 32.1 Å². The number of unbranched alkanes of at least 4 members (excludes halogenated alkanes) is 3. The van der Waals surface area contributed by atoms with Crippen molar-refractivity contribution in [2.75, 3.05) is 6.54 Å². The molecule has 1 aromatic rings. The van der Waals surface area contributed by atoms with Crippen LogP contribution in [0.5, 0.6) is 0 Å². The van der Waals surface area contributed by atoms with E-state index in [1.54, 1.807) is 12.1 Å². The highest BCUT2D eigenvalue weighted by atomic mass is 32.2. The van der Waals surface area contributed by atoms with Crippen molar-refractivity contribution in [2.45, 2.75) is 95.9 Å². The van der Waals surface area contributed by atoms with Crippen LogP contribution >= 0.6 is 0 Å². The Bertz CT molecular complexity index is 618. The molecule has 0 aliphatic heterocycles. The predicted molar refractivity (Wildman–Crippen MR) is 110 cm³/mol. The number of aryl methyl sites for hydroxylation is 1. The third-order valence-corrected chi connectivity index (χ3v) is 7.58. The molecular weight excluding hydrogens is 342 g/mol. The van der Waals surface area contributed by atoms with E-state index in [1.807, 2.05) is 23.4 Å². The van der Waals surface area contributed by atoms with Crippen molar-refractivity contribution < 1.29 is 8.42 Å². The van der Waals surface area contributed by atoms with Crippen molar-refractivity contribution in [1.82, 2.24) is 4.31 Å². The summed E-state index contributed by atoms with van der Waals surface area (Å²) in [5, 5.41) is 0. The van der Waals surface area contributed by atoms with E-state index < -0.39 is 10.0 Å². The van der Waals surface area contributed by atoms with Crippen LogP contribution in [0.25, 0.3) is 0 Å². The van der Waals surface area contributed by atoms with Gasteiger partial charge in [-0.1, -0.05) is 76.5 Å². The number of sulfonamides is 1. The molecule has 0 N–H and O–H groups in total. The molecule has 0 saturated heterocycles. The van der Waals surface area contributed by atoms with Gasteiger partial charge in [0.05, 0.1) is 4.90 Å². The number of benzene rings is 1. The summed E-state index contributed by atoms with van der Waals surface area (Å²) in [4.78, 5) is 0.451. The largest absolute Gasteiger partial charge is 0.243 e. The average Bonchev–Trinajstić information content (AvgIpc) is 2.64. The first-order chi connectivity index (χ1) is 12.4. The number of hydrogen-bond acceptors (Lipinski definition) is 2. The smallest absolute Gasteiger partial charge is 0.207 e. The number of rotatable bonds is 10. The van der Waals surface area contributed by atoms with Crippen molar-refractivity contribution in [3.05, 3.63) is 29.8 Å². The zero-order chi connectivity index (χ0) is 19.0. The molecule has 148 valence electrons. The monoisotopic (exact) mass is 379 g/mol. The highest BCUT2D eigenvalue weighted by Gasteiger charge is 2.33. The second kappa shape index (κ2) is 10.5. The molecule has 1 aliphatic rings. The molecule has 0 radical (unpaired) electrons. The summed E-state index contributed by atoms with van der Waals surface area (Å²) in [6, 6.07) is 7.52. The van der Waals surface area contributed by atoms with Gasteiger partial charge in [0.2, 0.25) is 10.0 Å². The van der Waals surface area contributed by atoms with Crippen LogP contribution in [0, 0.1) is 12.8 Å². The van der Waals surface area contributed by atoms with Gasteiger partial charge >= 0.3 is 0 Å². The molecule has 1 fully saturated rings. The Morgan fingerprint density at radius 2 is 1.69 bits per heavy atom. The Morgan fingerprint density at radius 3 is 2.31 bits per heavy atom. The molecule has 1 aromatic carbocycles. The van der Waals surface area contributed by atoms with E-state index in [-0.39, 0.29) is 6.04 Å². The standard InChI is InChI=1S/C22H37NO2S/c1-4-5-6-8-11-20(3)18-23(21-12-9-7-10-13-21)26(24,25)22-16-14-19(2)15-17-22/h14-17,20-21H,4-13,18H2,1-3H3. The number of nitrogens with zero attached hydrogens (tertiary/aromatic N) is 1. The van der Waals surface area contributed by atoms with Gasteiger partial charge < -0.3 is 0 Å². The third-order valence-electron chi connectivity index (χ3n) is 5.65. The van der Waals surface area contributed by atoms with Gasteiger partial charge in [-0.25, -0.2) is 8.42 Å². The van der Waals surface area contributed by atoms with E-state index >= 15 is 0 Å². The molecule has 0 bridgehead atoms. The second-order valence-electron chi connectivity index (χ2n) is 8.13. The zero-order valence-electron chi connectivity index (χ0n) is 16.9. The van der Waals surface area contributed by atoms with Gasteiger partial charge in [-0.05, 0) is 44.2 Å². The summed E-state index contributed by atoms with van der Waals surface area (Å²) in [6.45, 7) is 7.09. The molecule has 1 saturated carbocycles. The van der Waals surface area contributed by atoms with Crippen LogP contribution in [0.4, 0.5) is 0 Å². The molecule has 3 nitrogen and oxygen atoms in total. The van der Waals surface area contributed by atoms with Crippen molar-refractivity contribution in [2.24, 2.45) is 5.92 Å². The lowest BCUT2D eigenvalue weighted by Gasteiger charge is -2.35. The van der Waals surface area contributed by atoms with E-state index in [9.17, 15) is 8.42 Å². The van der Waals surface area contributed by atoms with Crippen molar-refractivity contribution >= 4 is 10.0 Å². The maximum absolute atomic E-state index is 13.4. The van der Waals surface area contributed by atoms with Crippen LogP contribution in [0.3, 0.4) is 0 Å². The minimum Gasteiger partial charge on any atom is -0.207 e. The Balaban J connectivity index is 2.13. The molecule has 4 heteroatoms. The lowest BCUT2D eigenvalue weighted by Crippen LogP contribution is -2.43. The Hall–Kier alpha value is -0.870. The minimum atomic E-state index is -3.41. The van der Waals surface area contributed by atoms with Crippen LogP contribution in [0.2, 0.25) is 0 Å². The van der Waals surface area contributed by atoms with Gasteiger partial charge in [-0.3, -0.25) is 0 Å². The fourth-order valence-electron chi connectivity index (χ4n) is 3.98. The first-order valence-corrected chi connectivity index (χ1v) is 12.0. The summed E-state index contributed by atoms with van der Waals surface area (Å²) >= 11 is 0. The van der Waals surface area contributed by atoms with E-state index in [2.05, 4.69) is 13.8 Å². The van der Waals surface area contributed by atoms with E-state index in [0.717, 1.165) is 37.7 Å². The normalized spacial score (nSPS) is 17.5. The molecule has 2 rings (SSSR count). The molecule has 1 unspecified atom stereocenters. The predicted octanol–water partition coefficient (Wildman–Crippen LogP) is 5.92. The van der Waals surface area contributed by atoms with Crippen molar-refractivity contribution in [1.29, 1.82) is 0 Å². The second-order valence-corrected chi connectivity index (χ2v) is 10.0. The Kier molecular flexibility index (Phi) is 8.62. The lowest BCUT2D eigenvalue weighted by molar-refractivity contribution is 0.225. The Morgan fingerprint density at radius 1 is 1.04 bits per heavy atom. The average molecular weight is 380 g/mol. The highest BCUT2D eigenvalue weighted by molar-refractivity contribution is 7.89. The maximum Gasteiger partial charge on any atom is 0.243 e. The van der Waals surface area contributed by atoms with E-state index in [0.29, 0.717) is 17.4 Å².